The largest absolute Gasteiger partial charge is 0.368 e. The molecule has 0 saturated carbocycles. The molecule has 2 N–H and O–H groups in total. The Labute approximate surface area is 179 Å². The topological polar surface area (TPSA) is 92.7 Å². The lowest BCUT2D eigenvalue weighted by Gasteiger charge is -2.39. The van der Waals surface area contributed by atoms with Gasteiger partial charge in [0.05, 0.1) is 5.69 Å². The van der Waals surface area contributed by atoms with Crippen molar-refractivity contribution in [3.05, 3.63) is 78.6 Å². The van der Waals surface area contributed by atoms with Gasteiger partial charge in [-0.25, -0.2) is 4.98 Å². The van der Waals surface area contributed by atoms with Gasteiger partial charge in [0.1, 0.15) is 18.2 Å². The van der Waals surface area contributed by atoms with Crippen LogP contribution in [0.5, 0.6) is 0 Å². The fourth-order valence-electron chi connectivity index (χ4n) is 4.18. The molecule has 8 heteroatoms. The summed E-state index contributed by atoms with van der Waals surface area (Å²) in [6.45, 7) is 2.90. The van der Waals surface area contributed by atoms with E-state index in [1.807, 2.05) is 60.7 Å². The molecule has 31 heavy (non-hydrogen) atoms. The average molecular weight is 413 g/mol. The zero-order valence-corrected chi connectivity index (χ0v) is 17.0. The number of benzene rings is 2. The van der Waals surface area contributed by atoms with Crippen molar-refractivity contribution in [2.75, 3.05) is 31.1 Å². The molecule has 0 radical (unpaired) electrons. The Morgan fingerprint density at radius 1 is 0.935 bits per heavy atom. The predicted molar refractivity (Wildman–Crippen MR) is 118 cm³/mol. The number of amides is 1. The van der Waals surface area contributed by atoms with E-state index in [2.05, 4.69) is 30.9 Å². The van der Waals surface area contributed by atoms with Crippen molar-refractivity contribution in [2.45, 2.75) is 6.04 Å². The van der Waals surface area contributed by atoms with Crippen LogP contribution < -0.4 is 10.6 Å². The Hall–Kier alpha value is -3.78. The van der Waals surface area contributed by atoms with Crippen LogP contribution in [0.3, 0.4) is 0 Å². The fraction of sp³-hybridized carbons (Fsp3) is 0.217. The Bertz CT molecular complexity index is 1180. The lowest BCUT2D eigenvalue weighted by atomic mass is 10.0. The van der Waals surface area contributed by atoms with Gasteiger partial charge in [-0.05, 0) is 5.56 Å². The second kappa shape index (κ2) is 8.16. The lowest BCUT2D eigenvalue weighted by molar-refractivity contribution is -0.123. The van der Waals surface area contributed by atoms with Crippen molar-refractivity contribution >= 4 is 17.5 Å². The molecule has 0 spiro atoms. The van der Waals surface area contributed by atoms with E-state index in [1.165, 1.54) is 6.33 Å². The number of nitrogens with two attached hydrogens (primary N) is 1. The monoisotopic (exact) mass is 413 g/mol. The number of rotatable bonds is 5. The van der Waals surface area contributed by atoms with E-state index in [4.69, 9.17) is 5.73 Å². The minimum atomic E-state index is -0.424. The third-order valence-electron chi connectivity index (χ3n) is 5.69. The second-order valence-electron chi connectivity index (χ2n) is 7.58. The highest BCUT2D eigenvalue weighted by molar-refractivity contribution is 5.81. The van der Waals surface area contributed by atoms with Crippen molar-refractivity contribution in [1.82, 2.24) is 24.5 Å². The van der Waals surface area contributed by atoms with Crippen LogP contribution in [0.15, 0.2) is 73.1 Å². The molecule has 156 valence electrons. The molecule has 1 aliphatic rings. The molecule has 8 nitrogen and oxygen atoms in total. The maximum absolute atomic E-state index is 12.2. The summed E-state index contributed by atoms with van der Waals surface area (Å²) in [5, 5.41) is 4.37. The van der Waals surface area contributed by atoms with Gasteiger partial charge in [-0.2, -0.15) is 14.6 Å². The van der Waals surface area contributed by atoms with E-state index in [-0.39, 0.29) is 5.91 Å². The van der Waals surface area contributed by atoms with Crippen LogP contribution in [0.4, 0.5) is 5.82 Å². The SMILES string of the molecule is NC(=O)C(c1ccccc1)N1CCN(c2cc(-c3ccccc3)nc3ncnn23)CC1. The third-order valence-corrected chi connectivity index (χ3v) is 5.69. The Kier molecular flexibility index (Phi) is 5.05. The fourth-order valence-corrected chi connectivity index (χ4v) is 4.18. The first-order valence-electron chi connectivity index (χ1n) is 10.3. The van der Waals surface area contributed by atoms with E-state index in [9.17, 15) is 4.79 Å². The van der Waals surface area contributed by atoms with Gasteiger partial charge in [0.2, 0.25) is 5.91 Å². The highest BCUT2D eigenvalue weighted by atomic mass is 16.1. The van der Waals surface area contributed by atoms with Crippen LogP contribution in [-0.2, 0) is 4.79 Å². The highest BCUT2D eigenvalue weighted by Crippen LogP contribution is 2.27. The molecule has 1 saturated heterocycles. The number of piperazine rings is 1. The molecule has 4 aromatic rings. The normalized spacial score (nSPS) is 15.8. The number of nitrogens with zero attached hydrogens (tertiary/aromatic N) is 6. The Morgan fingerprint density at radius 2 is 1.61 bits per heavy atom. The molecule has 0 aliphatic carbocycles. The number of hydrogen-bond donors (Lipinski definition) is 1. The van der Waals surface area contributed by atoms with E-state index in [1.54, 1.807) is 4.52 Å². The molecule has 0 bridgehead atoms. The summed E-state index contributed by atoms with van der Waals surface area (Å²) in [5.41, 5.74) is 8.59. The molecule has 1 unspecified atom stereocenters. The maximum Gasteiger partial charge on any atom is 0.254 e. The van der Waals surface area contributed by atoms with Gasteiger partial charge in [-0.1, -0.05) is 60.7 Å². The third kappa shape index (κ3) is 3.73. The highest BCUT2D eigenvalue weighted by Gasteiger charge is 2.30. The lowest BCUT2D eigenvalue weighted by Crippen LogP contribution is -2.50. The molecule has 1 amide bonds. The van der Waals surface area contributed by atoms with Gasteiger partial charge < -0.3 is 10.6 Å². The van der Waals surface area contributed by atoms with Gasteiger partial charge in [0.25, 0.3) is 5.78 Å². The van der Waals surface area contributed by atoms with E-state index < -0.39 is 6.04 Å². The van der Waals surface area contributed by atoms with Crippen molar-refractivity contribution in [1.29, 1.82) is 0 Å². The molecule has 1 fully saturated rings. The van der Waals surface area contributed by atoms with Crippen molar-refractivity contribution in [3.63, 3.8) is 0 Å². The minimum Gasteiger partial charge on any atom is -0.368 e. The van der Waals surface area contributed by atoms with Crippen LogP contribution in [0.1, 0.15) is 11.6 Å². The first-order valence-corrected chi connectivity index (χ1v) is 10.3. The molecule has 1 atom stereocenters. The molecule has 1 aliphatic heterocycles. The minimum absolute atomic E-state index is 0.325. The summed E-state index contributed by atoms with van der Waals surface area (Å²) in [7, 11) is 0. The van der Waals surface area contributed by atoms with Crippen molar-refractivity contribution in [2.24, 2.45) is 5.73 Å². The number of carbonyl (C=O) groups excluding carboxylic acids is 1. The summed E-state index contributed by atoms with van der Waals surface area (Å²) >= 11 is 0. The first kappa shape index (κ1) is 19.2. The van der Waals surface area contributed by atoms with E-state index in [0.717, 1.165) is 35.7 Å². The number of hydrogen-bond acceptors (Lipinski definition) is 6. The summed E-state index contributed by atoms with van der Waals surface area (Å²) < 4.78 is 1.77. The summed E-state index contributed by atoms with van der Waals surface area (Å²) in [6, 6.07) is 21.4. The molecule has 5 rings (SSSR count). The zero-order valence-electron chi connectivity index (χ0n) is 17.0. The second-order valence-corrected chi connectivity index (χ2v) is 7.58. The smallest absolute Gasteiger partial charge is 0.254 e. The average Bonchev–Trinajstić information content (AvgIpc) is 3.29. The van der Waals surface area contributed by atoms with Gasteiger partial charge in [-0.15, -0.1) is 0 Å². The first-order chi connectivity index (χ1) is 15.2. The zero-order chi connectivity index (χ0) is 21.2. The number of aromatic nitrogens is 4. The summed E-state index contributed by atoms with van der Waals surface area (Å²) in [4.78, 5) is 25.6. The van der Waals surface area contributed by atoms with Gasteiger partial charge >= 0.3 is 0 Å². The molecule has 2 aromatic carbocycles. The number of fused-ring (bicyclic) bond motifs is 1. The number of anilines is 1. The van der Waals surface area contributed by atoms with Crippen LogP contribution in [0.2, 0.25) is 0 Å². The molecular formula is C23H23N7O. The van der Waals surface area contributed by atoms with E-state index in [0.29, 0.717) is 18.9 Å². The molecule has 3 heterocycles. The predicted octanol–water partition coefficient (Wildman–Crippen LogP) is 2.14. The van der Waals surface area contributed by atoms with Crippen LogP contribution in [-0.4, -0.2) is 56.6 Å². The van der Waals surface area contributed by atoms with Crippen LogP contribution >= 0.6 is 0 Å². The van der Waals surface area contributed by atoms with E-state index >= 15 is 0 Å². The maximum atomic E-state index is 12.2. The van der Waals surface area contributed by atoms with Crippen molar-refractivity contribution in [3.8, 4) is 11.3 Å². The Balaban J connectivity index is 1.42. The van der Waals surface area contributed by atoms with Crippen LogP contribution in [0, 0.1) is 0 Å². The molecule has 2 aromatic heterocycles. The summed E-state index contributed by atoms with van der Waals surface area (Å²) in [6.07, 6.45) is 1.52. The quantitative estimate of drug-likeness (QED) is 0.539. The standard InChI is InChI=1S/C23H23N7O/c24-22(31)21(18-9-5-2-6-10-18)29-13-11-28(12-14-29)20-15-19(17-7-3-1-4-8-17)27-23-25-16-26-30(20)23/h1-10,15-16,21H,11-14H2,(H2,24,31). The molecular weight excluding hydrogens is 390 g/mol. The Morgan fingerprint density at radius 3 is 2.29 bits per heavy atom. The number of primary amides is 1. The van der Waals surface area contributed by atoms with Crippen molar-refractivity contribution < 1.29 is 4.79 Å². The van der Waals surface area contributed by atoms with Crippen LogP contribution in [0.25, 0.3) is 17.0 Å². The van der Waals surface area contributed by atoms with Gasteiger partial charge in [-0.3, -0.25) is 9.69 Å². The number of carbonyl (C=O) groups is 1. The van der Waals surface area contributed by atoms with Gasteiger partial charge in [0.15, 0.2) is 0 Å². The van der Waals surface area contributed by atoms with Gasteiger partial charge in [0, 0.05) is 37.8 Å². The summed E-state index contributed by atoms with van der Waals surface area (Å²) in [5.74, 6) is 1.18.